The molecule has 5 nitrogen and oxygen atoms in total. The lowest BCUT2D eigenvalue weighted by Crippen LogP contribution is -2.41. The number of hydrogen-bond donors (Lipinski definition) is 2. The molecule has 1 heterocycles. The minimum Gasteiger partial charge on any atom is -0.368 e. The van der Waals surface area contributed by atoms with Crippen LogP contribution in [0.4, 0.5) is 0 Å². The maximum Gasteiger partial charge on any atom is 0.234 e. The summed E-state index contributed by atoms with van der Waals surface area (Å²) in [5.74, 6) is -0.281. The van der Waals surface area contributed by atoms with Crippen molar-refractivity contribution in [2.24, 2.45) is 5.73 Å². The van der Waals surface area contributed by atoms with E-state index in [1.54, 1.807) is 6.20 Å². The normalized spacial score (nSPS) is 12.6. The Kier molecular flexibility index (Phi) is 4.83. The summed E-state index contributed by atoms with van der Waals surface area (Å²) < 4.78 is 1.87. The maximum atomic E-state index is 10.9. The van der Waals surface area contributed by atoms with Crippen LogP contribution in [0.15, 0.2) is 18.5 Å². The van der Waals surface area contributed by atoms with Gasteiger partial charge in [0.2, 0.25) is 5.91 Å². The average Bonchev–Trinajstić information content (AvgIpc) is 2.70. The van der Waals surface area contributed by atoms with Gasteiger partial charge in [0.25, 0.3) is 0 Å². The molecular formula is C10H18N4O. The Hall–Kier alpha value is -1.36. The van der Waals surface area contributed by atoms with E-state index in [1.807, 2.05) is 23.9 Å². The smallest absolute Gasteiger partial charge is 0.234 e. The van der Waals surface area contributed by atoms with Gasteiger partial charge in [0.15, 0.2) is 0 Å². The lowest BCUT2D eigenvalue weighted by Gasteiger charge is -2.12. The maximum absolute atomic E-state index is 10.9. The number of nitrogens with two attached hydrogens (primary N) is 1. The van der Waals surface area contributed by atoms with Crippen molar-refractivity contribution in [2.45, 2.75) is 32.4 Å². The number of rotatable bonds is 7. The number of primary amides is 1. The van der Waals surface area contributed by atoms with E-state index in [1.165, 1.54) is 0 Å². The molecule has 0 fully saturated rings. The van der Waals surface area contributed by atoms with Crippen molar-refractivity contribution < 1.29 is 4.79 Å². The lowest BCUT2D eigenvalue weighted by molar-refractivity contribution is -0.120. The summed E-state index contributed by atoms with van der Waals surface area (Å²) in [4.78, 5) is 10.9. The van der Waals surface area contributed by atoms with Gasteiger partial charge in [-0.15, -0.1) is 0 Å². The third-order valence-electron chi connectivity index (χ3n) is 2.27. The Bertz CT molecular complexity index is 284. The molecule has 0 saturated carbocycles. The van der Waals surface area contributed by atoms with Crippen molar-refractivity contribution in [3.8, 4) is 0 Å². The van der Waals surface area contributed by atoms with Crippen LogP contribution in [0, 0.1) is 0 Å². The highest BCUT2D eigenvalue weighted by Crippen LogP contribution is 1.92. The first-order valence-electron chi connectivity index (χ1n) is 5.24. The fourth-order valence-electron chi connectivity index (χ4n) is 1.40. The molecule has 1 amide bonds. The number of amides is 1. The average molecular weight is 210 g/mol. The molecule has 3 N–H and O–H groups in total. The van der Waals surface area contributed by atoms with Crippen molar-refractivity contribution in [1.82, 2.24) is 15.1 Å². The summed E-state index contributed by atoms with van der Waals surface area (Å²) in [6.07, 6.45) is 5.35. The second-order valence-corrected chi connectivity index (χ2v) is 3.44. The Morgan fingerprint density at radius 1 is 1.67 bits per heavy atom. The molecule has 15 heavy (non-hydrogen) atoms. The van der Waals surface area contributed by atoms with Crippen LogP contribution in [-0.2, 0) is 11.3 Å². The van der Waals surface area contributed by atoms with Gasteiger partial charge in [-0.05, 0) is 25.5 Å². The molecule has 0 radical (unpaired) electrons. The fraction of sp³-hybridized carbons (Fsp3) is 0.600. The predicted molar refractivity (Wildman–Crippen MR) is 58.1 cm³/mol. The van der Waals surface area contributed by atoms with Gasteiger partial charge < -0.3 is 11.1 Å². The number of aromatic nitrogens is 2. The summed E-state index contributed by atoms with van der Waals surface area (Å²) in [5, 5.41) is 7.20. The molecule has 0 spiro atoms. The zero-order chi connectivity index (χ0) is 11.1. The van der Waals surface area contributed by atoms with Gasteiger partial charge in [-0.2, -0.15) is 5.10 Å². The Morgan fingerprint density at radius 3 is 3.00 bits per heavy atom. The first-order chi connectivity index (χ1) is 7.24. The third-order valence-corrected chi connectivity index (χ3v) is 2.27. The number of carbonyl (C=O) groups excluding carboxylic acids is 1. The Balaban J connectivity index is 2.13. The highest BCUT2D eigenvalue weighted by atomic mass is 16.1. The summed E-state index contributed by atoms with van der Waals surface area (Å²) in [6, 6.07) is 1.69. The summed E-state index contributed by atoms with van der Waals surface area (Å²) in [7, 11) is 0. The van der Waals surface area contributed by atoms with Crippen LogP contribution < -0.4 is 11.1 Å². The van der Waals surface area contributed by atoms with Crippen molar-refractivity contribution in [1.29, 1.82) is 0 Å². The van der Waals surface area contributed by atoms with Crippen LogP contribution in [0.3, 0.4) is 0 Å². The fourth-order valence-corrected chi connectivity index (χ4v) is 1.40. The molecule has 0 aliphatic heterocycles. The molecule has 0 saturated heterocycles. The van der Waals surface area contributed by atoms with E-state index < -0.39 is 0 Å². The van der Waals surface area contributed by atoms with Crippen LogP contribution in [0.2, 0.25) is 0 Å². The zero-order valence-electron chi connectivity index (χ0n) is 9.02. The number of aryl methyl sites for hydroxylation is 1. The molecule has 0 bridgehead atoms. The summed E-state index contributed by atoms with van der Waals surface area (Å²) in [5.41, 5.74) is 5.21. The standard InChI is InChI=1S/C10H18N4O/c1-2-9(10(11)15)12-5-3-7-14-8-4-6-13-14/h4,6,8-9,12H,2-3,5,7H2,1H3,(H2,11,15). The van der Waals surface area contributed by atoms with Crippen molar-refractivity contribution in [2.75, 3.05) is 6.54 Å². The summed E-state index contributed by atoms with van der Waals surface area (Å²) in [6.45, 7) is 3.58. The van der Waals surface area contributed by atoms with Crippen molar-refractivity contribution in [3.05, 3.63) is 18.5 Å². The molecule has 0 aromatic carbocycles. The molecule has 1 aromatic rings. The molecular weight excluding hydrogens is 192 g/mol. The number of carbonyl (C=O) groups is 1. The van der Waals surface area contributed by atoms with Gasteiger partial charge in [-0.3, -0.25) is 9.48 Å². The van der Waals surface area contributed by atoms with Crippen molar-refractivity contribution >= 4 is 5.91 Å². The minimum absolute atomic E-state index is 0.206. The van der Waals surface area contributed by atoms with Gasteiger partial charge in [0, 0.05) is 18.9 Å². The van der Waals surface area contributed by atoms with Crippen LogP contribution in [-0.4, -0.2) is 28.3 Å². The van der Waals surface area contributed by atoms with Gasteiger partial charge in [0.05, 0.1) is 6.04 Å². The highest BCUT2D eigenvalue weighted by molar-refractivity contribution is 5.79. The third kappa shape index (κ3) is 4.12. The zero-order valence-corrected chi connectivity index (χ0v) is 9.02. The molecule has 1 unspecified atom stereocenters. The van der Waals surface area contributed by atoms with E-state index in [-0.39, 0.29) is 11.9 Å². The second kappa shape index (κ2) is 6.19. The molecule has 1 aromatic heterocycles. The van der Waals surface area contributed by atoms with Gasteiger partial charge in [-0.1, -0.05) is 6.92 Å². The van der Waals surface area contributed by atoms with E-state index in [4.69, 9.17) is 5.73 Å². The Labute approximate surface area is 89.6 Å². The quantitative estimate of drug-likeness (QED) is 0.628. The van der Waals surface area contributed by atoms with Crippen LogP contribution in [0.25, 0.3) is 0 Å². The minimum atomic E-state index is -0.281. The number of nitrogens with one attached hydrogen (secondary N) is 1. The SMILES string of the molecule is CCC(NCCCn1cccn1)C(N)=O. The van der Waals surface area contributed by atoms with Crippen LogP contribution in [0.1, 0.15) is 19.8 Å². The topological polar surface area (TPSA) is 72.9 Å². The van der Waals surface area contributed by atoms with Gasteiger partial charge >= 0.3 is 0 Å². The van der Waals surface area contributed by atoms with Crippen LogP contribution >= 0.6 is 0 Å². The van der Waals surface area contributed by atoms with E-state index >= 15 is 0 Å². The summed E-state index contributed by atoms with van der Waals surface area (Å²) >= 11 is 0. The lowest BCUT2D eigenvalue weighted by atomic mass is 10.2. The first kappa shape index (κ1) is 11.7. The van der Waals surface area contributed by atoms with Gasteiger partial charge in [-0.25, -0.2) is 0 Å². The molecule has 5 heteroatoms. The molecule has 0 aliphatic carbocycles. The number of nitrogens with zero attached hydrogens (tertiary/aromatic N) is 2. The van der Waals surface area contributed by atoms with E-state index in [0.717, 1.165) is 25.9 Å². The second-order valence-electron chi connectivity index (χ2n) is 3.44. The molecule has 0 aliphatic rings. The molecule has 1 rings (SSSR count). The van der Waals surface area contributed by atoms with E-state index in [9.17, 15) is 4.79 Å². The van der Waals surface area contributed by atoms with Crippen molar-refractivity contribution in [3.63, 3.8) is 0 Å². The predicted octanol–water partition coefficient (Wildman–Crippen LogP) is 0.127. The van der Waals surface area contributed by atoms with Crippen LogP contribution in [0.5, 0.6) is 0 Å². The monoisotopic (exact) mass is 210 g/mol. The van der Waals surface area contributed by atoms with Gasteiger partial charge in [0.1, 0.15) is 0 Å². The highest BCUT2D eigenvalue weighted by Gasteiger charge is 2.10. The number of hydrogen-bond acceptors (Lipinski definition) is 3. The van der Waals surface area contributed by atoms with E-state index in [2.05, 4.69) is 10.4 Å². The largest absolute Gasteiger partial charge is 0.368 e. The molecule has 1 atom stereocenters. The van der Waals surface area contributed by atoms with E-state index in [0.29, 0.717) is 0 Å². The Morgan fingerprint density at radius 2 is 2.47 bits per heavy atom. The first-order valence-corrected chi connectivity index (χ1v) is 5.24. The molecule has 84 valence electrons.